The zero-order valence-corrected chi connectivity index (χ0v) is 7.62. The maximum absolute atomic E-state index is 11.3. The number of carbonyl (C=O) groups is 1. The summed E-state index contributed by atoms with van der Waals surface area (Å²) in [6, 6.07) is 1.94. The van der Waals surface area contributed by atoms with Crippen molar-refractivity contribution in [1.82, 2.24) is 5.32 Å². The van der Waals surface area contributed by atoms with Gasteiger partial charge in [0, 0.05) is 6.42 Å². The molecule has 0 saturated heterocycles. The van der Waals surface area contributed by atoms with Crippen molar-refractivity contribution in [3.8, 4) is 6.07 Å². The summed E-state index contributed by atoms with van der Waals surface area (Å²) in [4.78, 5) is 11.3. The van der Waals surface area contributed by atoms with Crippen molar-refractivity contribution in [2.24, 2.45) is 11.8 Å². The highest BCUT2D eigenvalue weighted by Gasteiger charge is 2.33. The first kappa shape index (κ1) is 8.55. The molecule has 1 N–H and O–H groups in total. The molecule has 0 bridgehead atoms. The molecule has 3 heteroatoms. The summed E-state index contributed by atoms with van der Waals surface area (Å²) in [6.45, 7) is 0. The van der Waals surface area contributed by atoms with Crippen LogP contribution in [0.2, 0.25) is 0 Å². The van der Waals surface area contributed by atoms with Crippen molar-refractivity contribution < 1.29 is 4.79 Å². The van der Waals surface area contributed by atoms with Gasteiger partial charge in [-0.1, -0.05) is 0 Å². The van der Waals surface area contributed by atoms with E-state index >= 15 is 0 Å². The van der Waals surface area contributed by atoms with E-state index in [-0.39, 0.29) is 11.9 Å². The van der Waals surface area contributed by atoms with Crippen LogP contribution < -0.4 is 5.32 Å². The molecule has 1 amide bonds. The van der Waals surface area contributed by atoms with Gasteiger partial charge < -0.3 is 5.32 Å². The van der Waals surface area contributed by atoms with Crippen LogP contribution in [0.15, 0.2) is 0 Å². The van der Waals surface area contributed by atoms with Gasteiger partial charge in [0.25, 0.3) is 0 Å². The molecule has 1 atom stereocenters. The van der Waals surface area contributed by atoms with Crippen LogP contribution >= 0.6 is 0 Å². The molecule has 0 aliphatic heterocycles. The summed E-state index contributed by atoms with van der Waals surface area (Å²) in [5.74, 6) is 1.12. The van der Waals surface area contributed by atoms with E-state index in [1.165, 1.54) is 12.8 Å². The third-order valence-corrected chi connectivity index (χ3v) is 2.72. The molecule has 2 aliphatic carbocycles. The van der Waals surface area contributed by atoms with E-state index in [1.54, 1.807) is 0 Å². The van der Waals surface area contributed by atoms with E-state index in [0.29, 0.717) is 18.3 Å². The van der Waals surface area contributed by atoms with E-state index in [4.69, 9.17) is 5.26 Å². The number of rotatable bonds is 4. The Kier molecular flexibility index (Phi) is 2.22. The number of amides is 1. The van der Waals surface area contributed by atoms with Gasteiger partial charge in [-0.25, -0.2) is 0 Å². The van der Waals surface area contributed by atoms with Crippen molar-refractivity contribution in [2.75, 3.05) is 0 Å². The second-order valence-electron chi connectivity index (χ2n) is 4.16. The van der Waals surface area contributed by atoms with E-state index < -0.39 is 0 Å². The van der Waals surface area contributed by atoms with Crippen LogP contribution in [0.25, 0.3) is 0 Å². The number of hydrogen-bond acceptors (Lipinski definition) is 2. The van der Waals surface area contributed by atoms with Crippen molar-refractivity contribution in [3.63, 3.8) is 0 Å². The van der Waals surface area contributed by atoms with E-state index in [0.717, 1.165) is 12.8 Å². The molecule has 2 aliphatic rings. The number of nitrogens with one attached hydrogen (secondary N) is 1. The zero-order chi connectivity index (χ0) is 9.26. The third-order valence-electron chi connectivity index (χ3n) is 2.72. The molecular formula is C10H14N2O. The molecular weight excluding hydrogens is 164 g/mol. The van der Waals surface area contributed by atoms with Crippen LogP contribution in [-0.2, 0) is 4.79 Å². The van der Waals surface area contributed by atoms with Crippen LogP contribution in [-0.4, -0.2) is 11.9 Å². The quantitative estimate of drug-likeness (QED) is 0.703. The normalized spacial score (nSPS) is 23.3. The van der Waals surface area contributed by atoms with Crippen molar-refractivity contribution in [1.29, 1.82) is 5.26 Å². The van der Waals surface area contributed by atoms with Gasteiger partial charge >= 0.3 is 0 Å². The van der Waals surface area contributed by atoms with E-state index in [9.17, 15) is 4.79 Å². The van der Waals surface area contributed by atoms with Crippen LogP contribution in [0.4, 0.5) is 0 Å². The van der Waals surface area contributed by atoms with Gasteiger partial charge in [0.15, 0.2) is 0 Å². The van der Waals surface area contributed by atoms with Gasteiger partial charge in [-0.15, -0.1) is 0 Å². The third kappa shape index (κ3) is 2.45. The molecule has 2 rings (SSSR count). The molecule has 0 aromatic rings. The Bertz CT molecular complexity index is 248. The van der Waals surface area contributed by atoms with Gasteiger partial charge in [0.05, 0.1) is 6.07 Å². The van der Waals surface area contributed by atoms with Crippen LogP contribution in [0, 0.1) is 23.2 Å². The smallest absolute Gasteiger partial charge is 0.221 e. The monoisotopic (exact) mass is 178 g/mol. The molecule has 2 fully saturated rings. The fourth-order valence-electron chi connectivity index (χ4n) is 1.50. The van der Waals surface area contributed by atoms with E-state index in [2.05, 4.69) is 11.4 Å². The Morgan fingerprint density at radius 1 is 1.46 bits per heavy atom. The average Bonchev–Trinajstić information content (AvgIpc) is 2.91. The highest BCUT2D eigenvalue weighted by Crippen LogP contribution is 2.34. The highest BCUT2D eigenvalue weighted by molar-refractivity contribution is 5.77. The Labute approximate surface area is 78.1 Å². The minimum atomic E-state index is -0.216. The molecule has 0 radical (unpaired) electrons. The van der Waals surface area contributed by atoms with Gasteiger partial charge in [0.1, 0.15) is 6.04 Å². The van der Waals surface area contributed by atoms with Crippen molar-refractivity contribution >= 4 is 5.91 Å². The number of hydrogen-bond donors (Lipinski definition) is 1. The lowest BCUT2D eigenvalue weighted by atomic mass is 10.2. The fraction of sp³-hybridized carbons (Fsp3) is 0.800. The largest absolute Gasteiger partial charge is 0.340 e. The molecule has 2 saturated carbocycles. The first-order valence-electron chi connectivity index (χ1n) is 4.98. The summed E-state index contributed by atoms with van der Waals surface area (Å²) in [6.07, 6.45) is 5.21. The minimum absolute atomic E-state index is 0.0703. The Balaban J connectivity index is 1.74. The molecule has 70 valence electrons. The Hall–Kier alpha value is -1.04. The summed E-state index contributed by atoms with van der Waals surface area (Å²) >= 11 is 0. The van der Waals surface area contributed by atoms with Crippen LogP contribution in [0.1, 0.15) is 32.1 Å². The first-order chi connectivity index (χ1) is 6.29. The summed E-state index contributed by atoms with van der Waals surface area (Å²) in [5.41, 5.74) is 0. The standard InChI is InChI=1S/C10H14N2O/c11-6-9(8-3-4-8)12-10(13)5-7-1-2-7/h7-9H,1-5H2,(H,12,13). The lowest BCUT2D eigenvalue weighted by molar-refractivity contribution is -0.121. The molecule has 0 heterocycles. The SMILES string of the molecule is N#CC(NC(=O)CC1CC1)C1CC1. The molecule has 0 spiro atoms. The summed E-state index contributed by atoms with van der Waals surface area (Å²) in [7, 11) is 0. The molecule has 13 heavy (non-hydrogen) atoms. The predicted molar refractivity (Wildman–Crippen MR) is 47.6 cm³/mol. The highest BCUT2D eigenvalue weighted by atomic mass is 16.1. The molecule has 3 nitrogen and oxygen atoms in total. The maximum atomic E-state index is 11.3. The fourth-order valence-corrected chi connectivity index (χ4v) is 1.50. The second-order valence-corrected chi connectivity index (χ2v) is 4.16. The summed E-state index contributed by atoms with van der Waals surface area (Å²) < 4.78 is 0. The number of carbonyl (C=O) groups excluding carboxylic acids is 1. The zero-order valence-electron chi connectivity index (χ0n) is 7.62. The number of nitrogens with zero attached hydrogens (tertiary/aromatic N) is 1. The molecule has 1 unspecified atom stereocenters. The maximum Gasteiger partial charge on any atom is 0.221 e. The second kappa shape index (κ2) is 3.37. The van der Waals surface area contributed by atoms with Gasteiger partial charge in [-0.05, 0) is 37.5 Å². The van der Waals surface area contributed by atoms with Crippen LogP contribution in [0.5, 0.6) is 0 Å². The predicted octanol–water partition coefficient (Wildman–Crippen LogP) is 1.20. The lowest BCUT2D eigenvalue weighted by Crippen LogP contribution is -2.35. The average molecular weight is 178 g/mol. The molecule has 0 aromatic carbocycles. The van der Waals surface area contributed by atoms with Gasteiger partial charge in [-0.3, -0.25) is 4.79 Å². The van der Waals surface area contributed by atoms with Crippen LogP contribution in [0.3, 0.4) is 0 Å². The minimum Gasteiger partial charge on any atom is -0.340 e. The first-order valence-corrected chi connectivity index (χ1v) is 4.98. The number of nitriles is 1. The Morgan fingerprint density at radius 2 is 2.15 bits per heavy atom. The molecule has 0 aromatic heterocycles. The topological polar surface area (TPSA) is 52.9 Å². The van der Waals surface area contributed by atoms with E-state index in [1.807, 2.05) is 0 Å². The van der Waals surface area contributed by atoms with Gasteiger partial charge in [0.2, 0.25) is 5.91 Å². The lowest BCUT2D eigenvalue weighted by Gasteiger charge is -2.09. The summed E-state index contributed by atoms with van der Waals surface area (Å²) in [5, 5.41) is 11.6. The van der Waals surface area contributed by atoms with Gasteiger partial charge in [-0.2, -0.15) is 5.26 Å². The van der Waals surface area contributed by atoms with Crippen molar-refractivity contribution in [3.05, 3.63) is 0 Å². The van der Waals surface area contributed by atoms with Crippen molar-refractivity contribution in [2.45, 2.75) is 38.1 Å². The Morgan fingerprint density at radius 3 is 2.62 bits per heavy atom.